The van der Waals surface area contributed by atoms with Gasteiger partial charge in [0.15, 0.2) is 5.82 Å². The Morgan fingerprint density at radius 1 is 1.22 bits per heavy atom. The minimum absolute atomic E-state index is 0.150. The van der Waals surface area contributed by atoms with Crippen molar-refractivity contribution in [3.05, 3.63) is 57.6 Å². The van der Waals surface area contributed by atoms with Crippen LogP contribution in [-0.2, 0) is 4.79 Å². The van der Waals surface area contributed by atoms with E-state index in [1.54, 1.807) is 18.2 Å². The van der Waals surface area contributed by atoms with Gasteiger partial charge in [0.05, 0.1) is 10.8 Å². The number of nitrogen functional groups attached to an aromatic ring is 1. The number of nitrogens with two attached hydrogens (primary N) is 1. The van der Waals surface area contributed by atoms with E-state index in [1.165, 1.54) is 16.4 Å². The van der Waals surface area contributed by atoms with Gasteiger partial charge in [0, 0.05) is 16.3 Å². The number of amides is 1. The Kier molecular flexibility index (Phi) is 5.94. The molecule has 3 rings (SSSR count). The molecular formula is C18H17Cl2N5OS. The zero-order valence-corrected chi connectivity index (χ0v) is 17.0. The molecule has 0 atom stereocenters. The van der Waals surface area contributed by atoms with Crippen LogP contribution in [0.25, 0.3) is 11.4 Å². The lowest BCUT2D eigenvalue weighted by atomic mass is 10.1. The number of aromatic nitrogens is 3. The first kappa shape index (κ1) is 19.5. The molecule has 0 aliphatic heterocycles. The topological polar surface area (TPSA) is 85.8 Å². The minimum atomic E-state index is -0.150. The lowest BCUT2D eigenvalue weighted by molar-refractivity contribution is -0.113. The van der Waals surface area contributed by atoms with Crippen molar-refractivity contribution in [2.24, 2.45) is 0 Å². The van der Waals surface area contributed by atoms with Crippen LogP contribution in [0, 0.1) is 13.8 Å². The first-order chi connectivity index (χ1) is 12.9. The Morgan fingerprint density at radius 3 is 2.74 bits per heavy atom. The van der Waals surface area contributed by atoms with E-state index >= 15 is 0 Å². The second kappa shape index (κ2) is 8.21. The van der Waals surface area contributed by atoms with Crippen molar-refractivity contribution in [3.8, 4) is 11.4 Å². The molecule has 1 amide bonds. The Labute approximate surface area is 171 Å². The van der Waals surface area contributed by atoms with Crippen LogP contribution in [0.4, 0.5) is 5.69 Å². The number of carbonyl (C=O) groups excluding carboxylic acids is 1. The first-order valence-electron chi connectivity index (χ1n) is 8.01. The van der Waals surface area contributed by atoms with E-state index in [-0.39, 0.29) is 11.7 Å². The summed E-state index contributed by atoms with van der Waals surface area (Å²) in [5, 5.41) is 12.4. The zero-order chi connectivity index (χ0) is 19.6. The maximum atomic E-state index is 12.3. The van der Waals surface area contributed by atoms with Crippen LogP contribution in [-0.4, -0.2) is 26.5 Å². The van der Waals surface area contributed by atoms with Crippen LogP contribution >= 0.6 is 35.0 Å². The highest BCUT2D eigenvalue weighted by molar-refractivity contribution is 7.99. The third-order valence-electron chi connectivity index (χ3n) is 4.05. The van der Waals surface area contributed by atoms with Gasteiger partial charge >= 0.3 is 0 Å². The first-order valence-corrected chi connectivity index (χ1v) is 9.75. The molecule has 0 saturated heterocycles. The number of hydrogen-bond acceptors (Lipinski definition) is 5. The fourth-order valence-corrected chi connectivity index (χ4v) is 3.58. The molecule has 0 spiro atoms. The van der Waals surface area contributed by atoms with Gasteiger partial charge in [-0.05, 0) is 49.2 Å². The van der Waals surface area contributed by atoms with E-state index in [0.29, 0.717) is 26.6 Å². The number of benzene rings is 2. The highest BCUT2D eigenvalue weighted by atomic mass is 35.5. The summed E-state index contributed by atoms with van der Waals surface area (Å²) in [5.74, 6) is 6.47. The Hall–Kier alpha value is -2.22. The van der Waals surface area contributed by atoms with Crippen molar-refractivity contribution in [1.82, 2.24) is 14.9 Å². The summed E-state index contributed by atoms with van der Waals surface area (Å²) in [5.41, 5.74) is 3.57. The largest absolute Gasteiger partial charge is 0.335 e. The quantitative estimate of drug-likeness (QED) is 0.473. The van der Waals surface area contributed by atoms with Gasteiger partial charge in [-0.15, -0.1) is 10.2 Å². The maximum Gasteiger partial charge on any atom is 0.234 e. The van der Waals surface area contributed by atoms with Crippen molar-refractivity contribution in [1.29, 1.82) is 0 Å². The van der Waals surface area contributed by atoms with E-state index in [4.69, 9.17) is 29.0 Å². The number of hydrogen-bond donors (Lipinski definition) is 2. The number of thioether (sulfide) groups is 1. The molecule has 2 aromatic carbocycles. The predicted octanol–water partition coefficient (Wildman–Crippen LogP) is 4.31. The van der Waals surface area contributed by atoms with E-state index in [2.05, 4.69) is 15.5 Å². The zero-order valence-electron chi connectivity index (χ0n) is 14.7. The molecule has 0 radical (unpaired) electrons. The number of anilines is 1. The van der Waals surface area contributed by atoms with Gasteiger partial charge in [0.1, 0.15) is 0 Å². The molecule has 3 aromatic rings. The highest BCUT2D eigenvalue weighted by Crippen LogP contribution is 2.30. The van der Waals surface area contributed by atoms with Crippen molar-refractivity contribution in [3.63, 3.8) is 0 Å². The smallest absolute Gasteiger partial charge is 0.234 e. The van der Waals surface area contributed by atoms with Crippen LogP contribution in [0.3, 0.4) is 0 Å². The summed E-state index contributed by atoms with van der Waals surface area (Å²) >= 11 is 13.3. The molecule has 0 unspecified atom stereocenters. The molecule has 0 aliphatic rings. The number of halogens is 2. The van der Waals surface area contributed by atoms with Crippen molar-refractivity contribution < 1.29 is 4.79 Å². The molecule has 27 heavy (non-hydrogen) atoms. The molecular weight excluding hydrogens is 405 g/mol. The standard InChI is InChI=1S/C18H17Cl2N5OS/c1-10-4-3-5-15(11(10)2)22-16(26)9-27-18-24-23-17(25(18)21)13-7-6-12(19)8-14(13)20/h3-8H,9,21H2,1-2H3,(H,22,26). The molecule has 140 valence electrons. The van der Waals surface area contributed by atoms with Gasteiger partial charge in [-0.3, -0.25) is 4.79 Å². The van der Waals surface area contributed by atoms with Gasteiger partial charge in [-0.25, -0.2) is 4.68 Å². The van der Waals surface area contributed by atoms with E-state index < -0.39 is 0 Å². The van der Waals surface area contributed by atoms with Crippen molar-refractivity contribution in [2.45, 2.75) is 19.0 Å². The van der Waals surface area contributed by atoms with Crippen molar-refractivity contribution in [2.75, 3.05) is 16.9 Å². The maximum absolute atomic E-state index is 12.3. The fourth-order valence-electron chi connectivity index (χ4n) is 2.43. The summed E-state index contributed by atoms with van der Waals surface area (Å²) in [6.07, 6.45) is 0. The third kappa shape index (κ3) is 4.37. The Bertz CT molecular complexity index is 1010. The van der Waals surface area contributed by atoms with Gasteiger partial charge in [0.2, 0.25) is 11.1 Å². The molecule has 1 heterocycles. The monoisotopic (exact) mass is 421 g/mol. The average molecular weight is 422 g/mol. The van der Waals surface area contributed by atoms with Gasteiger partial charge < -0.3 is 11.2 Å². The molecule has 0 bridgehead atoms. The fraction of sp³-hybridized carbons (Fsp3) is 0.167. The Morgan fingerprint density at radius 2 is 2.00 bits per heavy atom. The number of nitrogens with one attached hydrogen (secondary N) is 1. The minimum Gasteiger partial charge on any atom is -0.335 e. The number of carbonyl (C=O) groups is 1. The lowest BCUT2D eigenvalue weighted by Gasteiger charge is -2.10. The van der Waals surface area contributed by atoms with Crippen LogP contribution in [0.5, 0.6) is 0 Å². The second-order valence-corrected chi connectivity index (χ2v) is 7.67. The highest BCUT2D eigenvalue weighted by Gasteiger charge is 2.16. The third-order valence-corrected chi connectivity index (χ3v) is 5.54. The summed E-state index contributed by atoms with van der Waals surface area (Å²) in [4.78, 5) is 12.3. The second-order valence-electron chi connectivity index (χ2n) is 5.88. The van der Waals surface area contributed by atoms with Crippen LogP contribution in [0.2, 0.25) is 10.0 Å². The Balaban J connectivity index is 1.69. The van der Waals surface area contributed by atoms with E-state index in [1.807, 2.05) is 32.0 Å². The van der Waals surface area contributed by atoms with Gasteiger partial charge in [0.25, 0.3) is 0 Å². The normalized spacial score (nSPS) is 10.8. The van der Waals surface area contributed by atoms with Gasteiger partial charge in [-0.2, -0.15) is 0 Å². The van der Waals surface area contributed by atoms with Gasteiger partial charge in [-0.1, -0.05) is 47.1 Å². The predicted molar refractivity (Wildman–Crippen MR) is 111 cm³/mol. The summed E-state index contributed by atoms with van der Waals surface area (Å²) < 4.78 is 1.31. The average Bonchev–Trinajstić information content (AvgIpc) is 2.98. The molecule has 9 heteroatoms. The molecule has 3 N–H and O–H groups in total. The molecule has 0 aliphatic carbocycles. The lowest BCUT2D eigenvalue weighted by Crippen LogP contribution is -2.17. The molecule has 0 fully saturated rings. The molecule has 1 aromatic heterocycles. The number of aryl methyl sites for hydroxylation is 1. The van der Waals surface area contributed by atoms with Crippen LogP contribution in [0.15, 0.2) is 41.6 Å². The molecule has 0 saturated carbocycles. The van der Waals surface area contributed by atoms with E-state index in [9.17, 15) is 4.79 Å². The van der Waals surface area contributed by atoms with Crippen LogP contribution in [0.1, 0.15) is 11.1 Å². The van der Waals surface area contributed by atoms with Crippen molar-refractivity contribution >= 4 is 46.6 Å². The van der Waals surface area contributed by atoms with Crippen LogP contribution < -0.4 is 11.2 Å². The summed E-state index contributed by atoms with van der Waals surface area (Å²) in [6, 6.07) is 10.8. The number of nitrogens with zero attached hydrogens (tertiary/aromatic N) is 3. The SMILES string of the molecule is Cc1cccc(NC(=O)CSc2nnc(-c3ccc(Cl)cc3Cl)n2N)c1C. The van der Waals surface area contributed by atoms with E-state index in [0.717, 1.165) is 16.8 Å². The molecule has 6 nitrogen and oxygen atoms in total. The summed E-state index contributed by atoms with van der Waals surface area (Å²) in [7, 11) is 0. The summed E-state index contributed by atoms with van der Waals surface area (Å²) in [6.45, 7) is 3.97. The number of rotatable bonds is 5.